The summed E-state index contributed by atoms with van der Waals surface area (Å²) < 4.78 is 56.7. The van der Waals surface area contributed by atoms with Crippen LogP contribution in [0.2, 0.25) is 0 Å². The fraction of sp³-hybridized carbons (Fsp3) is 0.487. The molecule has 0 N–H and O–H groups in total. The maximum Gasteiger partial charge on any atom is 0.339 e. The van der Waals surface area contributed by atoms with E-state index in [4.69, 9.17) is 23.9 Å². The van der Waals surface area contributed by atoms with E-state index in [9.17, 15) is 9.18 Å². The van der Waals surface area contributed by atoms with Crippen LogP contribution in [-0.4, -0.2) is 59.5 Å². The van der Waals surface area contributed by atoms with Crippen molar-refractivity contribution in [2.75, 3.05) is 31.7 Å². The molecule has 7 rings (SSSR count). The van der Waals surface area contributed by atoms with Crippen LogP contribution in [0.5, 0.6) is 5.75 Å². The number of piperidine rings is 1. The van der Waals surface area contributed by atoms with Crippen LogP contribution in [0, 0.1) is 18.6 Å². The van der Waals surface area contributed by atoms with Gasteiger partial charge >= 0.3 is 5.97 Å². The average Bonchev–Trinajstić information content (AvgIpc) is 3.48. The largest absolute Gasteiger partial charge is 0.490 e. The summed E-state index contributed by atoms with van der Waals surface area (Å²) in [7, 11) is 1.37. The predicted octanol–water partition coefficient (Wildman–Crippen LogP) is 8.61. The zero-order valence-electron chi connectivity index (χ0n) is 29.6. The quantitative estimate of drug-likeness (QED) is 0.201. The van der Waals surface area contributed by atoms with Crippen LogP contribution in [0.1, 0.15) is 84.0 Å². The van der Waals surface area contributed by atoms with E-state index in [2.05, 4.69) is 11.8 Å². The smallest absolute Gasteiger partial charge is 0.339 e. The van der Waals surface area contributed by atoms with Gasteiger partial charge in [0.15, 0.2) is 17.7 Å². The molecule has 0 saturated carbocycles. The zero-order chi connectivity index (χ0) is 35.1. The normalized spacial score (nSPS) is 20.9. The predicted molar refractivity (Wildman–Crippen MR) is 186 cm³/mol. The number of carbonyl (C=O) groups excluding carboxylic acids is 1. The Labute approximate surface area is 287 Å². The summed E-state index contributed by atoms with van der Waals surface area (Å²) in [5.41, 5.74) is 3.22. The number of hydrogen-bond donors (Lipinski definition) is 0. The van der Waals surface area contributed by atoms with E-state index in [-0.39, 0.29) is 23.0 Å². The number of anilines is 1. The highest BCUT2D eigenvalue weighted by Gasteiger charge is 2.37. The third-order valence-electron chi connectivity index (χ3n) is 9.53. The molecule has 0 radical (unpaired) electrons. The average molecular weight is 676 g/mol. The monoisotopic (exact) mass is 675 g/mol. The number of imidazole rings is 1. The minimum absolute atomic E-state index is 0.0746. The third kappa shape index (κ3) is 7.31. The van der Waals surface area contributed by atoms with E-state index < -0.39 is 29.3 Å². The molecule has 3 aliphatic heterocycles. The summed E-state index contributed by atoms with van der Waals surface area (Å²) in [4.78, 5) is 20.7. The molecule has 2 aromatic heterocycles. The number of carbonyl (C=O) groups is 1. The molecule has 0 amide bonds. The molecule has 1 fully saturated rings. The van der Waals surface area contributed by atoms with Crippen molar-refractivity contribution in [1.82, 2.24) is 9.38 Å². The van der Waals surface area contributed by atoms with E-state index in [1.807, 2.05) is 69.5 Å². The molecular weight excluding hydrogens is 628 g/mol. The summed E-state index contributed by atoms with van der Waals surface area (Å²) >= 11 is 0. The maximum atomic E-state index is 15.5. The second-order valence-corrected chi connectivity index (χ2v) is 14.6. The lowest BCUT2D eigenvalue weighted by atomic mass is 9.92. The summed E-state index contributed by atoms with van der Waals surface area (Å²) in [5, 5.41) is 0. The first kappa shape index (κ1) is 34.8. The first-order valence-electron chi connectivity index (χ1n) is 17.2. The molecule has 49 heavy (non-hydrogen) atoms. The highest BCUT2D eigenvalue weighted by atomic mass is 19.2. The van der Waals surface area contributed by atoms with Gasteiger partial charge in [-0.1, -0.05) is 18.2 Å². The minimum Gasteiger partial charge on any atom is -0.490 e. The molecule has 6 bridgehead atoms. The first-order chi connectivity index (χ1) is 23.3. The number of esters is 1. The fourth-order valence-electron chi connectivity index (χ4n) is 6.91. The number of methoxy groups -OCH3 is 1. The van der Waals surface area contributed by atoms with Gasteiger partial charge in [0.25, 0.3) is 0 Å². The summed E-state index contributed by atoms with van der Waals surface area (Å²) in [6, 6.07) is 11.8. The Morgan fingerprint density at radius 2 is 1.82 bits per heavy atom. The van der Waals surface area contributed by atoms with Gasteiger partial charge in [-0.2, -0.15) is 0 Å². The van der Waals surface area contributed by atoms with Gasteiger partial charge in [0.05, 0.1) is 35.7 Å². The maximum absolute atomic E-state index is 15.5. The van der Waals surface area contributed by atoms with Gasteiger partial charge < -0.3 is 23.8 Å². The first-order valence-corrected chi connectivity index (χ1v) is 17.2. The number of fused-ring (bicyclic) bond motifs is 8. The van der Waals surface area contributed by atoms with E-state index in [0.717, 1.165) is 60.7 Å². The Kier molecular flexibility index (Phi) is 9.74. The number of ether oxygens (including phenoxy) is 4. The molecule has 1 saturated heterocycles. The fourth-order valence-corrected chi connectivity index (χ4v) is 6.91. The standard InChI is InChI=1S/C39H47F2N3O5/c1-24-21-31-42-29-23-44(31)36(32(24)35(37(45)46-7)49-38(3,4)5)43-18-16-39(6,17-19-43)47-20-9-8-11-25(2)48-30-15-14-28(40)34(41)33(30)27-13-10-12-26(29)22-27/h10,12-15,21-23,25,35H,8-9,11,16-20H2,1-7H3. The summed E-state index contributed by atoms with van der Waals surface area (Å²) in [6.45, 7) is 13.8. The molecule has 10 heteroatoms. The molecule has 8 nitrogen and oxygen atoms in total. The van der Waals surface area contributed by atoms with Crippen LogP contribution in [0.3, 0.4) is 0 Å². The SMILES string of the molecule is COC(=O)C(OC(C)(C)C)c1c(C)cc2nc3cn2c1N1CCC(C)(CC1)OCCCCC(C)Oc1ccc(F)c(F)c1-c1cccc-3c1. The molecule has 0 spiro atoms. The summed E-state index contributed by atoms with van der Waals surface area (Å²) in [5.74, 6) is -1.29. The number of aromatic nitrogens is 2. The highest BCUT2D eigenvalue weighted by molar-refractivity contribution is 5.82. The van der Waals surface area contributed by atoms with Crippen LogP contribution < -0.4 is 9.64 Å². The topological polar surface area (TPSA) is 74.5 Å². The molecule has 4 aromatic rings. The Morgan fingerprint density at radius 3 is 2.53 bits per heavy atom. The van der Waals surface area contributed by atoms with Gasteiger partial charge in [0.1, 0.15) is 17.2 Å². The van der Waals surface area contributed by atoms with Gasteiger partial charge in [0, 0.05) is 37.0 Å². The third-order valence-corrected chi connectivity index (χ3v) is 9.53. The molecule has 2 unspecified atom stereocenters. The van der Waals surface area contributed by atoms with Gasteiger partial charge in [-0.3, -0.25) is 4.40 Å². The molecule has 2 atom stereocenters. The summed E-state index contributed by atoms with van der Waals surface area (Å²) in [6.07, 6.45) is 4.80. The zero-order valence-corrected chi connectivity index (χ0v) is 29.6. The van der Waals surface area contributed by atoms with Crippen molar-refractivity contribution >= 4 is 17.4 Å². The molecule has 2 aromatic carbocycles. The van der Waals surface area contributed by atoms with Crippen LogP contribution in [-0.2, 0) is 19.0 Å². The van der Waals surface area contributed by atoms with Crippen LogP contribution in [0.4, 0.5) is 14.6 Å². The van der Waals surface area contributed by atoms with Crippen LogP contribution in [0.25, 0.3) is 28.0 Å². The van der Waals surface area contributed by atoms with Gasteiger partial charge in [-0.25, -0.2) is 18.6 Å². The molecule has 262 valence electrons. The van der Waals surface area contributed by atoms with E-state index in [0.29, 0.717) is 36.6 Å². The van der Waals surface area contributed by atoms with Crippen LogP contribution >= 0.6 is 0 Å². The van der Waals surface area contributed by atoms with Crippen molar-refractivity contribution in [3.05, 3.63) is 71.4 Å². The number of pyridine rings is 1. The second-order valence-electron chi connectivity index (χ2n) is 14.6. The highest BCUT2D eigenvalue weighted by Crippen LogP contribution is 2.41. The van der Waals surface area contributed by atoms with Crippen molar-refractivity contribution in [2.45, 2.75) is 97.1 Å². The Bertz CT molecular complexity index is 1840. The molecule has 5 heterocycles. The van der Waals surface area contributed by atoms with E-state index in [1.54, 1.807) is 6.07 Å². The number of halogens is 2. The molecular formula is C39H47F2N3O5. The van der Waals surface area contributed by atoms with Crippen molar-refractivity contribution in [3.8, 4) is 28.1 Å². The number of benzene rings is 2. The van der Waals surface area contributed by atoms with E-state index in [1.165, 1.54) is 13.2 Å². The van der Waals surface area contributed by atoms with Gasteiger partial charge in [-0.05, 0) is 109 Å². The number of aryl methyl sites for hydroxylation is 1. The molecule has 3 aliphatic rings. The lowest BCUT2D eigenvalue weighted by molar-refractivity contribution is -0.164. The van der Waals surface area contributed by atoms with Crippen molar-refractivity contribution in [2.24, 2.45) is 0 Å². The molecule has 0 aliphatic carbocycles. The van der Waals surface area contributed by atoms with Crippen LogP contribution in [0.15, 0.2) is 48.7 Å². The lowest BCUT2D eigenvalue weighted by Crippen LogP contribution is -2.45. The van der Waals surface area contributed by atoms with Crippen molar-refractivity contribution in [3.63, 3.8) is 0 Å². The lowest BCUT2D eigenvalue weighted by Gasteiger charge is -2.42. The number of hydrogen-bond acceptors (Lipinski definition) is 7. The Hall–Kier alpha value is -4.02. The van der Waals surface area contributed by atoms with Gasteiger partial charge in [-0.15, -0.1) is 0 Å². The number of nitrogens with zero attached hydrogens (tertiary/aromatic N) is 3. The van der Waals surface area contributed by atoms with Crippen molar-refractivity contribution < 1.29 is 32.5 Å². The minimum atomic E-state index is -0.981. The second kappa shape index (κ2) is 13.7. The Balaban J connectivity index is 1.56. The van der Waals surface area contributed by atoms with Gasteiger partial charge in [0.2, 0.25) is 0 Å². The Morgan fingerprint density at radius 1 is 1.08 bits per heavy atom. The number of rotatable bonds is 3. The van der Waals surface area contributed by atoms with Crippen molar-refractivity contribution in [1.29, 1.82) is 0 Å². The van der Waals surface area contributed by atoms with E-state index >= 15 is 4.39 Å².